The molecule has 3 nitrogen and oxygen atoms in total. The Morgan fingerprint density at radius 2 is 1.29 bits per heavy atom. The van der Waals surface area contributed by atoms with Crippen molar-refractivity contribution < 1.29 is 58.1 Å². The zero-order valence-corrected chi connectivity index (χ0v) is 7.32. The molecule has 0 aliphatic carbocycles. The topological polar surface area (TPSA) is 57.5 Å². The first-order valence-corrected chi connectivity index (χ1v) is 3.10. The summed E-state index contributed by atoms with van der Waals surface area (Å²) in [5, 5.41) is 0. The molecular formula is H2Ag2O3S2+2. The fourth-order valence-electron chi connectivity index (χ4n) is 0. The van der Waals surface area contributed by atoms with Gasteiger partial charge in [0.1, 0.15) is 0 Å². The predicted molar refractivity (Wildman–Crippen MR) is 20.8 cm³/mol. The molecule has 0 unspecified atom stereocenters. The Labute approximate surface area is 77.6 Å². The van der Waals surface area contributed by atoms with Crippen molar-refractivity contribution in [3.63, 3.8) is 0 Å². The summed E-state index contributed by atoms with van der Waals surface area (Å²) < 4.78 is 24.0. The number of rotatable bonds is 0. The molecule has 0 radical (unpaired) electrons. The van der Waals surface area contributed by atoms with Crippen LogP contribution in [0.15, 0.2) is 0 Å². The van der Waals surface area contributed by atoms with Crippen molar-refractivity contribution in [1.82, 2.24) is 0 Å². The third-order valence-corrected chi connectivity index (χ3v) is 0. The fourth-order valence-corrected chi connectivity index (χ4v) is 0. The van der Waals surface area contributed by atoms with E-state index in [2.05, 4.69) is 11.2 Å². The third kappa shape index (κ3) is 82.5. The van der Waals surface area contributed by atoms with Crippen LogP contribution in [0.4, 0.5) is 0 Å². The van der Waals surface area contributed by atoms with Gasteiger partial charge in [0.25, 0.3) is 9.05 Å². The molecular weight excluding hydrogens is 328 g/mol. The quantitative estimate of drug-likeness (QED) is 0.598. The normalized spacial score (nSPS) is 8.29. The van der Waals surface area contributed by atoms with Crippen molar-refractivity contribution in [2.45, 2.75) is 0 Å². The van der Waals surface area contributed by atoms with Gasteiger partial charge in [0, 0.05) is 11.2 Å². The van der Waals surface area contributed by atoms with E-state index in [0.717, 1.165) is 0 Å². The standard InChI is InChI=1S/2Ag.H2O3S2/c;;1-5(2,3)4/h;;(H2,1,2,3,4)/q2*+1;. The number of hydrogen-bond donors (Lipinski definition) is 2. The van der Waals surface area contributed by atoms with E-state index >= 15 is 0 Å². The molecule has 0 aliphatic heterocycles. The van der Waals surface area contributed by atoms with Gasteiger partial charge in [-0.3, -0.25) is 9.11 Å². The van der Waals surface area contributed by atoms with Crippen LogP contribution in [0.5, 0.6) is 0 Å². The van der Waals surface area contributed by atoms with E-state index < -0.39 is 9.05 Å². The minimum absolute atomic E-state index is 0. The first-order chi connectivity index (χ1) is 2.00. The van der Waals surface area contributed by atoms with Crippen molar-refractivity contribution in [1.29, 1.82) is 0 Å². The Balaban J connectivity index is -0.0000000800. The molecule has 0 rings (SSSR count). The van der Waals surface area contributed by atoms with Gasteiger partial charge in [0.15, 0.2) is 0 Å². The minimum Gasteiger partial charge on any atom is -0.285 e. The summed E-state index contributed by atoms with van der Waals surface area (Å²) in [5.74, 6) is 0. The van der Waals surface area contributed by atoms with Crippen LogP contribution in [0.1, 0.15) is 0 Å². The van der Waals surface area contributed by atoms with Crippen LogP contribution >= 0.6 is 0 Å². The van der Waals surface area contributed by atoms with Gasteiger partial charge in [-0.25, -0.2) is 0 Å². The molecule has 0 aliphatic rings. The molecule has 0 saturated carbocycles. The second-order valence-electron chi connectivity index (χ2n) is 0.448. The van der Waals surface area contributed by atoms with Gasteiger partial charge in [0.2, 0.25) is 0 Å². The molecule has 0 heterocycles. The summed E-state index contributed by atoms with van der Waals surface area (Å²) in [5.41, 5.74) is 0. The van der Waals surface area contributed by atoms with Crippen LogP contribution in [-0.2, 0) is 65.0 Å². The second-order valence-corrected chi connectivity index (χ2v) is 2.65. The van der Waals surface area contributed by atoms with Gasteiger partial charge < -0.3 is 0 Å². The molecule has 0 atom stereocenters. The Morgan fingerprint density at radius 3 is 1.29 bits per heavy atom. The largest absolute Gasteiger partial charge is 1.00 e. The predicted octanol–water partition coefficient (Wildman–Crippen LogP) is -0.326. The summed E-state index contributed by atoms with van der Waals surface area (Å²) in [6, 6.07) is 0. The van der Waals surface area contributed by atoms with E-state index in [9.17, 15) is 0 Å². The maximum atomic E-state index is 9.11. The van der Waals surface area contributed by atoms with Gasteiger partial charge in [-0.1, -0.05) is 0 Å². The Morgan fingerprint density at radius 1 is 1.29 bits per heavy atom. The van der Waals surface area contributed by atoms with Crippen LogP contribution in [-0.4, -0.2) is 13.3 Å². The van der Waals surface area contributed by atoms with E-state index in [0.29, 0.717) is 0 Å². The molecule has 0 amide bonds. The molecule has 0 bridgehead atoms. The average molecular weight is 330 g/mol. The molecule has 52 valence electrons. The maximum Gasteiger partial charge on any atom is 1.00 e. The van der Waals surface area contributed by atoms with E-state index in [1.54, 1.807) is 0 Å². The molecule has 7 heavy (non-hydrogen) atoms. The van der Waals surface area contributed by atoms with Crippen LogP contribution < -0.4 is 0 Å². The summed E-state index contributed by atoms with van der Waals surface area (Å²) in [7, 11) is -3.83. The Hall–Kier alpha value is 1.77. The molecule has 0 spiro atoms. The molecule has 7 heteroatoms. The summed E-state index contributed by atoms with van der Waals surface area (Å²) >= 11 is 3.47. The average Bonchev–Trinajstić information content (AvgIpc) is 0.722. The molecule has 0 aromatic carbocycles. The summed E-state index contributed by atoms with van der Waals surface area (Å²) in [4.78, 5) is 0. The Kier molecular flexibility index (Phi) is 13.4. The van der Waals surface area contributed by atoms with Gasteiger partial charge in [-0.05, 0) is 0 Å². The van der Waals surface area contributed by atoms with Crippen molar-refractivity contribution >= 4 is 20.2 Å². The fraction of sp³-hybridized carbons (Fsp3) is 0. The molecule has 2 N–H and O–H groups in total. The van der Waals surface area contributed by atoms with Crippen LogP contribution in [0.2, 0.25) is 0 Å². The second kappa shape index (κ2) is 5.90. The minimum atomic E-state index is -3.83. The first-order valence-electron chi connectivity index (χ1n) is 0.698. The van der Waals surface area contributed by atoms with Crippen molar-refractivity contribution in [2.75, 3.05) is 0 Å². The first kappa shape index (κ1) is 15.9. The Bertz CT molecular complexity index is 94.1. The maximum absolute atomic E-state index is 9.11. The summed E-state index contributed by atoms with van der Waals surface area (Å²) in [6.45, 7) is 0. The van der Waals surface area contributed by atoms with Gasteiger partial charge in [0.05, 0.1) is 0 Å². The van der Waals surface area contributed by atoms with Gasteiger partial charge in [-0.2, -0.15) is 4.21 Å². The smallest absolute Gasteiger partial charge is 0.285 e. The molecule has 0 saturated heterocycles. The van der Waals surface area contributed by atoms with Crippen molar-refractivity contribution in [3.05, 3.63) is 0 Å². The van der Waals surface area contributed by atoms with E-state index in [4.69, 9.17) is 13.3 Å². The molecule has 0 aromatic rings. The van der Waals surface area contributed by atoms with Gasteiger partial charge in [-0.15, -0.1) is 0 Å². The van der Waals surface area contributed by atoms with E-state index in [1.165, 1.54) is 0 Å². The van der Waals surface area contributed by atoms with E-state index in [-0.39, 0.29) is 44.8 Å². The van der Waals surface area contributed by atoms with E-state index in [1.807, 2.05) is 0 Å². The molecule has 0 aromatic heterocycles. The van der Waals surface area contributed by atoms with Crippen molar-refractivity contribution in [3.8, 4) is 0 Å². The monoisotopic (exact) mass is 328 g/mol. The van der Waals surface area contributed by atoms with Crippen LogP contribution in [0, 0.1) is 0 Å². The third-order valence-electron chi connectivity index (χ3n) is 0. The number of hydrogen-bond acceptors (Lipinski definition) is 2. The zero-order chi connectivity index (χ0) is 4.50. The summed E-state index contributed by atoms with van der Waals surface area (Å²) in [6.07, 6.45) is 0. The van der Waals surface area contributed by atoms with Crippen LogP contribution in [0.25, 0.3) is 0 Å². The molecule has 0 fully saturated rings. The van der Waals surface area contributed by atoms with Crippen LogP contribution in [0.3, 0.4) is 0 Å². The zero-order valence-electron chi connectivity index (χ0n) is 2.72. The SMILES string of the molecule is O=S(O)(O)=S.[Ag+].[Ag+]. The van der Waals surface area contributed by atoms with Crippen molar-refractivity contribution in [2.24, 2.45) is 0 Å². The van der Waals surface area contributed by atoms with Gasteiger partial charge >= 0.3 is 44.8 Å².